The quantitative estimate of drug-likeness (QED) is 0.640. The third-order valence-corrected chi connectivity index (χ3v) is 2.44. The Morgan fingerprint density at radius 2 is 2.21 bits per heavy atom. The van der Waals surface area contributed by atoms with E-state index in [2.05, 4.69) is 11.2 Å². The predicted octanol–water partition coefficient (Wildman–Crippen LogP) is 1.96. The van der Waals surface area contributed by atoms with Crippen molar-refractivity contribution in [2.45, 2.75) is 6.42 Å². The Kier molecular flexibility index (Phi) is 5.71. The molecule has 0 saturated heterocycles. The van der Waals surface area contributed by atoms with Crippen molar-refractivity contribution in [3.8, 4) is 12.3 Å². The minimum atomic E-state index is -1.12. The summed E-state index contributed by atoms with van der Waals surface area (Å²) in [5.41, 5.74) is 0.410. The number of anilines is 1. The minimum Gasteiger partial charge on any atom is -0.480 e. The fraction of sp³-hybridized carbons (Fsp3) is 0.231. The molecule has 0 heterocycles. The fourth-order valence-corrected chi connectivity index (χ4v) is 1.58. The van der Waals surface area contributed by atoms with E-state index in [9.17, 15) is 9.59 Å². The third-order valence-electron chi connectivity index (χ3n) is 2.20. The van der Waals surface area contributed by atoms with Gasteiger partial charge in [-0.3, -0.25) is 9.69 Å². The average Bonchev–Trinajstić information content (AvgIpc) is 2.36. The largest absolute Gasteiger partial charge is 0.480 e. The molecule has 0 radical (unpaired) electrons. The number of hydrogen-bond donors (Lipinski definition) is 2. The third kappa shape index (κ3) is 4.90. The molecular formula is C13H13ClN2O3. The molecule has 2 amide bonds. The molecule has 1 aromatic carbocycles. The van der Waals surface area contributed by atoms with Crippen molar-refractivity contribution < 1.29 is 14.7 Å². The van der Waals surface area contributed by atoms with E-state index >= 15 is 0 Å². The second-order valence-electron chi connectivity index (χ2n) is 3.65. The van der Waals surface area contributed by atoms with Gasteiger partial charge in [-0.2, -0.15) is 0 Å². The molecule has 0 saturated carbocycles. The van der Waals surface area contributed by atoms with E-state index in [0.717, 1.165) is 4.90 Å². The highest BCUT2D eigenvalue weighted by atomic mass is 35.5. The van der Waals surface area contributed by atoms with Crippen molar-refractivity contribution in [1.82, 2.24) is 5.32 Å². The molecule has 0 aliphatic carbocycles. The molecule has 1 aromatic rings. The molecule has 0 aliphatic rings. The monoisotopic (exact) mass is 280 g/mol. The van der Waals surface area contributed by atoms with Gasteiger partial charge in [0.05, 0.1) is 0 Å². The van der Waals surface area contributed by atoms with Crippen LogP contribution in [-0.4, -0.2) is 30.2 Å². The van der Waals surface area contributed by atoms with Crippen LogP contribution in [0.15, 0.2) is 24.3 Å². The Labute approximate surface area is 116 Å². The first-order chi connectivity index (χ1) is 9.04. The van der Waals surface area contributed by atoms with Gasteiger partial charge in [0.25, 0.3) is 0 Å². The zero-order chi connectivity index (χ0) is 14.3. The number of carboxylic acids is 1. The van der Waals surface area contributed by atoms with Crippen molar-refractivity contribution in [1.29, 1.82) is 0 Å². The van der Waals surface area contributed by atoms with Crippen LogP contribution in [0.4, 0.5) is 10.5 Å². The summed E-state index contributed by atoms with van der Waals surface area (Å²) < 4.78 is 0. The van der Waals surface area contributed by atoms with Crippen molar-refractivity contribution in [2.75, 3.05) is 18.0 Å². The Morgan fingerprint density at radius 3 is 2.79 bits per heavy atom. The zero-order valence-corrected chi connectivity index (χ0v) is 10.9. The minimum absolute atomic E-state index is 0.284. The molecule has 5 nitrogen and oxygen atoms in total. The Morgan fingerprint density at radius 1 is 1.47 bits per heavy atom. The summed E-state index contributed by atoms with van der Waals surface area (Å²) >= 11 is 5.82. The molecule has 0 fully saturated rings. The van der Waals surface area contributed by atoms with E-state index in [1.165, 1.54) is 6.07 Å². The van der Waals surface area contributed by atoms with Crippen molar-refractivity contribution in [3.05, 3.63) is 29.3 Å². The number of nitrogens with one attached hydrogen (secondary N) is 1. The summed E-state index contributed by atoms with van der Waals surface area (Å²) in [4.78, 5) is 23.8. The van der Waals surface area contributed by atoms with Crippen LogP contribution in [0.3, 0.4) is 0 Å². The second-order valence-corrected chi connectivity index (χ2v) is 4.08. The van der Waals surface area contributed by atoms with Gasteiger partial charge < -0.3 is 10.4 Å². The number of terminal acetylenes is 1. The van der Waals surface area contributed by atoms with E-state index in [-0.39, 0.29) is 6.54 Å². The summed E-state index contributed by atoms with van der Waals surface area (Å²) in [5, 5.41) is 11.8. The van der Waals surface area contributed by atoms with E-state index in [1.807, 2.05) is 0 Å². The molecule has 19 heavy (non-hydrogen) atoms. The number of halogens is 1. The Hall–Kier alpha value is -2.19. The molecule has 100 valence electrons. The molecule has 0 aromatic heterocycles. The van der Waals surface area contributed by atoms with Crippen LogP contribution in [0.25, 0.3) is 0 Å². The smallest absolute Gasteiger partial charge is 0.323 e. The van der Waals surface area contributed by atoms with Crippen LogP contribution < -0.4 is 10.2 Å². The lowest BCUT2D eigenvalue weighted by Crippen LogP contribution is -2.43. The first-order valence-electron chi connectivity index (χ1n) is 5.50. The zero-order valence-electron chi connectivity index (χ0n) is 10.1. The van der Waals surface area contributed by atoms with Gasteiger partial charge in [-0.1, -0.05) is 17.7 Å². The highest BCUT2D eigenvalue weighted by Crippen LogP contribution is 2.19. The normalized spacial score (nSPS) is 9.47. The number of rotatable bonds is 5. The van der Waals surface area contributed by atoms with Gasteiger partial charge in [-0.15, -0.1) is 12.3 Å². The van der Waals surface area contributed by atoms with Crippen LogP contribution in [0.1, 0.15) is 6.42 Å². The molecule has 1 rings (SSSR count). The van der Waals surface area contributed by atoms with E-state index in [1.54, 1.807) is 18.2 Å². The molecule has 6 heteroatoms. The van der Waals surface area contributed by atoms with Crippen LogP contribution in [0, 0.1) is 12.3 Å². The van der Waals surface area contributed by atoms with Crippen molar-refractivity contribution in [2.24, 2.45) is 0 Å². The number of amides is 2. The molecule has 0 bridgehead atoms. The summed E-state index contributed by atoms with van der Waals surface area (Å²) in [7, 11) is 0. The highest BCUT2D eigenvalue weighted by molar-refractivity contribution is 6.30. The van der Waals surface area contributed by atoms with Gasteiger partial charge in [0.15, 0.2) is 0 Å². The lowest BCUT2D eigenvalue weighted by atomic mass is 10.3. The van der Waals surface area contributed by atoms with Gasteiger partial charge in [0.2, 0.25) is 0 Å². The summed E-state index contributed by atoms with van der Waals surface area (Å²) in [6.45, 7) is -0.172. The number of nitrogens with zero attached hydrogens (tertiary/aromatic N) is 1. The summed E-state index contributed by atoms with van der Waals surface area (Å²) in [6.07, 6.45) is 5.45. The van der Waals surface area contributed by atoms with E-state index < -0.39 is 18.5 Å². The van der Waals surface area contributed by atoms with Gasteiger partial charge in [0, 0.05) is 23.7 Å². The Balaban J connectivity index is 2.85. The number of aliphatic carboxylic acids is 1. The topological polar surface area (TPSA) is 69.6 Å². The molecule has 0 atom stereocenters. The SMILES string of the molecule is C#CCCNC(=O)N(CC(=O)O)c1cccc(Cl)c1. The van der Waals surface area contributed by atoms with Crippen LogP contribution in [0.5, 0.6) is 0 Å². The number of carbonyl (C=O) groups excluding carboxylic acids is 1. The van der Waals surface area contributed by atoms with Gasteiger partial charge >= 0.3 is 12.0 Å². The molecule has 0 unspecified atom stereocenters. The van der Waals surface area contributed by atoms with Gasteiger partial charge in [-0.25, -0.2) is 4.79 Å². The lowest BCUT2D eigenvalue weighted by molar-refractivity contribution is -0.135. The second kappa shape index (κ2) is 7.29. The number of carboxylic acid groups (broad SMARTS) is 1. The van der Waals surface area contributed by atoms with Crippen LogP contribution in [0.2, 0.25) is 5.02 Å². The van der Waals surface area contributed by atoms with Crippen molar-refractivity contribution >= 4 is 29.3 Å². The lowest BCUT2D eigenvalue weighted by Gasteiger charge is -2.21. The highest BCUT2D eigenvalue weighted by Gasteiger charge is 2.18. The standard InChI is InChI=1S/C13H13ClN2O3/c1-2-3-7-15-13(19)16(9-12(17)18)11-6-4-5-10(14)8-11/h1,4-6,8H,3,7,9H2,(H,15,19)(H,17,18). The summed E-state index contributed by atoms with van der Waals surface area (Å²) in [5.74, 6) is 1.26. The van der Waals surface area contributed by atoms with E-state index in [4.69, 9.17) is 23.1 Å². The first kappa shape index (κ1) is 14.9. The number of benzene rings is 1. The molecule has 0 aliphatic heterocycles. The maximum atomic E-state index is 11.9. The molecule has 0 spiro atoms. The van der Waals surface area contributed by atoms with Crippen molar-refractivity contribution in [3.63, 3.8) is 0 Å². The molecule has 2 N–H and O–H groups in total. The molecular weight excluding hydrogens is 268 g/mol. The average molecular weight is 281 g/mol. The summed E-state index contributed by atoms with van der Waals surface area (Å²) in [6, 6.07) is 5.88. The van der Waals surface area contributed by atoms with Crippen LogP contribution in [-0.2, 0) is 4.79 Å². The predicted molar refractivity (Wildman–Crippen MR) is 73.3 cm³/mol. The first-order valence-corrected chi connectivity index (χ1v) is 5.88. The Bertz CT molecular complexity index is 511. The number of hydrogen-bond acceptors (Lipinski definition) is 2. The van der Waals surface area contributed by atoms with Gasteiger partial charge in [0.1, 0.15) is 6.54 Å². The maximum absolute atomic E-state index is 11.9. The maximum Gasteiger partial charge on any atom is 0.323 e. The number of carbonyl (C=O) groups is 2. The fourth-order valence-electron chi connectivity index (χ4n) is 1.40. The number of urea groups is 1. The van der Waals surface area contributed by atoms with Crippen LogP contribution >= 0.6 is 11.6 Å². The van der Waals surface area contributed by atoms with E-state index in [0.29, 0.717) is 17.1 Å². The van der Waals surface area contributed by atoms with Gasteiger partial charge in [-0.05, 0) is 18.2 Å².